The Kier molecular flexibility index (Phi) is 3.32. The van der Waals surface area contributed by atoms with E-state index < -0.39 is 11.2 Å². The second kappa shape index (κ2) is 5.05. The van der Waals surface area contributed by atoms with Crippen molar-refractivity contribution in [2.24, 2.45) is 24.4 Å². The lowest BCUT2D eigenvalue weighted by atomic mass is 10.4. The number of nitrogens with zero attached hydrogens (tertiary/aromatic N) is 7. The monoisotopic (exact) mass is 307 g/mol. The minimum Gasteiger partial charge on any atom is -0.371 e. The number of rotatable bonds is 4. The van der Waals surface area contributed by atoms with Gasteiger partial charge in [-0.15, -0.1) is 0 Å². The highest BCUT2D eigenvalue weighted by Crippen LogP contribution is 2.22. The molecule has 2 aromatic rings. The highest BCUT2D eigenvalue weighted by molar-refractivity contribution is 5.73. The lowest BCUT2D eigenvalue weighted by Crippen LogP contribution is -2.37. The molecule has 0 spiro atoms. The van der Waals surface area contributed by atoms with Gasteiger partial charge in [-0.3, -0.25) is 23.5 Å². The molecule has 0 N–H and O–H groups in total. The summed E-state index contributed by atoms with van der Waals surface area (Å²) >= 11 is 0. The fourth-order valence-electron chi connectivity index (χ4n) is 2.19. The van der Waals surface area contributed by atoms with Crippen molar-refractivity contribution in [2.75, 3.05) is 20.7 Å². The van der Waals surface area contributed by atoms with Crippen molar-refractivity contribution in [2.45, 2.75) is 12.6 Å². The Morgan fingerprint density at radius 1 is 1.32 bits per heavy atom. The SMILES string of the molecule is CN(C)/N=N/c1nc2c(c(=O)n(C)c(=O)n2C)n1CC1CO1. The third-order valence-corrected chi connectivity index (χ3v) is 3.43. The van der Waals surface area contributed by atoms with Crippen LogP contribution in [-0.4, -0.2) is 50.5 Å². The van der Waals surface area contributed by atoms with Gasteiger partial charge in [0.15, 0.2) is 11.2 Å². The van der Waals surface area contributed by atoms with Crippen molar-refractivity contribution >= 4 is 17.1 Å². The van der Waals surface area contributed by atoms with E-state index in [0.717, 1.165) is 4.57 Å². The quantitative estimate of drug-likeness (QED) is 0.426. The Labute approximate surface area is 125 Å². The molecule has 0 aliphatic carbocycles. The fraction of sp³-hybridized carbons (Fsp3) is 0.583. The molecule has 1 aliphatic heterocycles. The molecule has 1 aliphatic rings. The number of aromatic nitrogens is 4. The van der Waals surface area contributed by atoms with Crippen LogP contribution in [0.4, 0.5) is 5.95 Å². The van der Waals surface area contributed by atoms with E-state index in [1.54, 1.807) is 25.7 Å². The van der Waals surface area contributed by atoms with Crippen molar-refractivity contribution < 1.29 is 4.74 Å². The molecule has 1 fully saturated rings. The molecule has 0 aromatic carbocycles. The number of hydrogen-bond acceptors (Lipinski definition) is 6. The number of ether oxygens (including phenoxy) is 1. The first kappa shape index (κ1) is 14.4. The molecule has 2 aromatic heterocycles. The second-order valence-electron chi connectivity index (χ2n) is 5.39. The lowest BCUT2D eigenvalue weighted by molar-refractivity contribution is 0.382. The zero-order chi connectivity index (χ0) is 16.0. The van der Waals surface area contributed by atoms with Crippen LogP contribution >= 0.6 is 0 Å². The number of hydrogen-bond donors (Lipinski definition) is 0. The highest BCUT2D eigenvalue weighted by Gasteiger charge is 2.27. The van der Waals surface area contributed by atoms with Crippen LogP contribution in [0, 0.1) is 0 Å². The molecule has 10 nitrogen and oxygen atoms in total. The van der Waals surface area contributed by atoms with Crippen LogP contribution in [0.15, 0.2) is 19.9 Å². The van der Waals surface area contributed by atoms with Crippen LogP contribution in [0.5, 0.6) is 0 Å². The van der Waals surface area contributed by atoms with Gasteiger partial charge in [0.2, 0.25) is 0 Å². The summed E-state index contributed by atoms with van der Waals surface area (Å²) in [5, 5.41) is 9.49. The average molecular weight is 307 g/mol. The molecular formula is C12H17N7O3. The van der Waals surface area contributed by atoms with E-state index in [2.05, 4.69) is 15.3 Å². The highest BCUT2D eigenvalue weighted by atomic mass is 16.6. The summed E-state index contributed by atoms with van der Waals surface area (Å²) < 4.78 is 9.27. The van der Waals surface area contributed by atoms with E-state index in [-0.39, 0.29) is 12.1 Å². The van der Waals surface area contributed by atoms with Crippen molar-refractivity contribution in [3.63, 3.8) is 0 Å². The molecule has 3 heterocycles. The normalized spacial score (nSPS) is 17.5. The molecule has 1 atom stereocenters. The molecule has 118 valence electrons. The molecule has 0 amide bonds. The van der Waals surface area contributed by atoms with E-state index >= 15 is 0 Å². The largest absolute Gasteiger partial charge is 0.371 e. The topological polar surface area (TPSA) is 102 Å². The first-order valence-electron chi connectivity index (χ1n) is 6.77. The summed E-state index contributed by atoms with van der Waals surface area (Å²) in [6.07, 6.45) is 0.0349. The van der Waals surface area contributed by atoms with Crippen LogP contribution in [-0.2, 0) is 25.4 Å². The van der Waals surface area contributed by atoms with Gasteiger partial charge in [0.1, 0.15) is 0 Å². The van der Waals surface area contributed by atoms with E-state index in [4.69, 9.17) is 4.74 Å². The summed E-state index contributed by atoms with van der Waals surface area (Å²) in [6.45, 7) is 1.09. The number of imidazole rings is 1. The third-order valence-electron chi connectivity index (χ3n) is 3.43. The Morgan fingerprint density at radius 3 is 2.59 bits per heavy atom. The van der Waals surface area contributed by atoms with Crippen LogP contribution in [0.3, 0.4) is 0 Å². The van der Waals surface area contributed by atoms with Crippen LogP contribution in [0.1, 0.15) is 0 Å². The van der Waals surface area contributed by atoms with Gasteiger partial charge in [-0.1, -0.05) is 10.3 Å². The van der Waals surface area contributed by atoms with Gasteiger partial charge in [0.25, 0.3) is 11.5 Å². The molecule has 0 saturated carbocycles. The number of epoxide rings is 1. The molecule has 3 rings (SSSR count). The maximum Gasteiger partial charge on any atom is 0.332 e. The summed E-state index contributed by atoms with van der Waals surface area (Å²) in [5.74, 6) is 0.275. The summed E-state index contributed by atoms with van der Waals surface area (Å²) in [4.78, 5) is 28.8. The van der Waals surface area contributed by atoms with Gasteiger partial charge >= 0.3 is 5.69 Å². The third kappa shape index (κ3) is 2.30. The molecule has 1 unspecified atom stereocenters. The fourth-order valence-corrected chi connectivity index (χ4v) is 2.19. The minimum atomic E-state index is -0.430. The van der Waals surface area contributed by atoms with E-state index in [1.807, 2.05) is 0 Å². The van der Waals surface area contributed by atoms with Crippen molar-refractivity contribution in [1.29, 1.82) is 0 Å². The Balaban J connectivity index is 2.30. The Hall–Kier alpha value is -2.49. The zero-order valence-electron chi connectivity index (χ0n) is 12.8. The molecule has 1 saturated heterocycles. The number of fused-ring (bicyclic) bond motifs is 1. The first-order chi connectivity index (χ1) is 10.4. The van der Waals surface area contributed by atoms with Gasteiger partial charge in [-0.05, 0) is 0 Å². The maximum atomic E-state index is 12.4. The molecular weight excluding hydrogens is 290 g/mol. The zero-order valence-corrected chi connectivity index (χ0v) is 12.8. The van der Waals surface area contributed by atoms with Crippen molar-refractivity contribution in [1.82, 2.24) is 23.7 Å². The van der Waals surface area contributed by atoms with Gasteiger partial charge in [-0.25, -0.2) is 4.79 Å². The molecule has 0 radical (unpaired) electrons. The average Bonchev–Trinajstić information content (AvgIpc) is 3.21. The first-order valence-corrected chi connectivity index (χ1v) is 6.77. The Bertz CT molecular complexity index is 869. The van der Waals surface area contributed by atoms with Gasteiger partial charge in [0.05, 0.1) is 19.3 Å². The van der Waals surface area contributed by atoms with Crippen LogP contribution < -0.4 is 11.2 Å². The maximum absolute atomic E-state index is 12.4. The molecule has 22 heavy (non-hydrogen) atoms. The molecule has 0 bridgehead atoms. The smallest absolute Gasteiger partial charge is 0.332 e. The van der Waals surface area contributed by atoms with E-state index in [1.165, 1.54) is 16.6 Å². The minimum absolute atomic E-state index is 0.0349. The lowest BCUT2D eigenvalue weighted by Gasteiger charge is -2.06. The van der Waals surface area contributed by atoms with Gasteiger partial charge in [-0.2, -0.15) is 4.98 Å². The molecule has 10 heteroatoms. The Morgan fingerprint density at radius 2 is 2.00 bits per heavy atom. The van der Waals surface area contributed by atoms with Crippen LogP contribution in [0.2, 0.25) is 0 Å². The van der Waals surface area contributed by atoms with E-state index in [9.17, 15) is 9.59 Å². The van der Waals surface area contributed by atoms with Gasteiger partial charge in [0, 0.05) is 28.2 Å². The van der Waals surface area contributed by atoms with Gasteiger partial charge < -0.3 is 4.74 Å². The van der Waals surface area contributed by atoms with Crippen LogP contribution in [0.25, 0.3) is 11.2 Å². The summed E-state index contributed by atoms with van der Waals surface area (Å²) in [6, 6.07) is 0. The predicted octanol–water partition coefficient (Wildman–Crippen LogP) is -0.607. The second-order valence-corrected chi connectivity index (χ2v) is 5.39. The van der Waals surface area contributed by atoms with E-state index in [0.29, 0.717) is 24.3 Å². The van der Waals surface area contributed by atoms with Crippen molar-refractivity contribution in [3.8, 4) is 0 Å². The van der Waals surface area contributed by atoms with Crippen molar-refractivity contribution in [3.05, 3.63) is 20.8 Å². The summed E-state index contributed by atoms with van der Waals surface area (Å²) in [5.41, 5.74) is -0.215. The predicted molar refractivity (Wildman–Crippen MR) is 78.2 cm³/mol. The number of aryl methyl sites for hydroxylation is 1. The summed E-state index contributed by atoms with van der Waals surface area (Å²) in [7, 11) is 6.47. The standard InChI is InChI=1S/C12H17N7O3/c1-16(2)15-14-11-13-9-8(19(11)5-7-6-22-7)10(20)18(4)12(21)17(9)3/h7H,5-6H2,1-4H3/b15-14+.